The Morgan fingerprint density at radius 2 is 2.08 bits per heavy atom. The summed E-state index contributed by atoms with van der Waals surface area (Å²) in [5, 5.41) is 11.4. The maximum absolute atomic E-state index is 5.97. The Kier molecular flexibility index (Phi) is 5.47. The molecular formula is C17H15ClN4O2S. The van der Waals surface area contributed by atoms with E-state index in [9.17, 15) is 0 Å². The van der Waals surface area contributed by atoms with E-state index in [4.69, 9.17) is 33.3 Å². The summed E-state index contributed by atoms with van der Waals surface area (Å²) < 4.78 is 13.2. The number of aromatic nitrogens is 3. The van der Waals surface area contributed by atoms with Crippen molar-refractivity contribution in [2.24, 2.45) is 5.10 Å². The molecule has 0 radical (unpaired) electrons. The third kappa shape index (κ3) is 4.26. The van der Waals surface area contributed by atoms with Gasteiger partial charge in [0, 0.05) is 10.6 Å². The quantitative estimate of drug-likeness (QED) is 0.522. The van der Waals surface area contributed by atoms with Crippen molar-refractivity contribution in [1.82, 2.24) is 14.9 Å². The average Bonchev–Trinajstić information content (AvgIpc) is 3.04. The highest BCUT2D eigenvalue weighted by Gasteiger charge is 2.10. The van der Waals surface area contributed by atoms with Gasteiger partial charge < -0.3 is 9.47 Å². The van der Waals surface area contributed by atoms with Crippen molar-refractivity contribution in [1.29, 1.82) is 0 Å². The van der Waals surface area contributed by atoms with Crippen molar-refractivity contribution in [3.05, 3.63) is 69.7 Å². The van der Waals surface area contributed by atoms with Crippen molar-refractivity contribution in [2.45, 2.75) is 6.61 Å². The molecule has 0 aliphatic carbocycles. The molecule has 1 aromatic heterocycles. The van der Waals surface area contributed by atoms with Crippen LogP contribution in [0.1, 0.15) is 11.1 Å². The summed E-state index contributed by atoms with van der Waals surface area (Å²) in [5.74, 6) is 1.22. The molecule has 0 fully saturated rings. The number of hydrogen-bond acceptors (Lipinski definition) is 5. The van der Waals surface area contributed by atoms with Gasteiger partial charge in [0.25, 0.3) is 0 Å². The van der Waals surface area contributed by atoms with Gasteiger partial charge in [-0.15, -0.1) is 0 Å². The largest absolute Gasteiger partial charge is 0.493 e. The normalized spacial score (nSPS) is 11.0. The van der Waals surface area contributed by atoms with Crippen LogP contribution in [0.5, 0.6) is 11.5 Å². The third-order valence-corrected chi connectivity index (χ3v) is 3.91. The van der Waals surface area contributed by atoms with E-state index in [0.717, 1.165) is 11.1 Å². The average molecular weight is 375 g/mol. The second-order valence-corrected chi connectivity index (χ2v) is 5.87. The first-order valence-corrected chi connectivity index (χ1v) is 8.16. The number of ether oxygens (including phenoxy) is 2. The van der Waals surface area contributed by atoms with Crippen LogP contribution in [0.3, 0.4) is 0 Å². The fourth-order valence-corrected chi connectivity index (χ4v) is 2.41. The van der Waals surface area contributed by atoms with Crippen molar-refractivity contribution in [3.8, 4) is 11.5 Å². The van der Waals surface area contributed by atoms with Gasteiger partial charge in [-0.05, 0) is 42.0 Å². The number of halogens is 1. The molecule has 6 nitrogen and oxygen atoms in total. The second-order valence-electron chi connectivity index (χ2n) is 5.04. The van der Waals surface area contributed by atoms with Crippen molar-refractivity contribution < 1.29 is 9.47 Å². The zero-order valence-corrected chi connectivity index (χ0v) is 14.9. The van der Waals surface area contributed by atoms with Crippen molar-refractivity contribution >= 4 is 30.0 Å². The van der Waals surface area contributed by atoms with Crippen LogP contribution in [0.4, 0.5) is 0 Å². The Morgan fingerprint density at radius 1 is 1.28 bits per heavy atom. The molecule has 128 valence electrons. The van der Waals surface area contributed by atoms with E-state index in [0.29, 0.717) is 27.9 Å². The van der Waals surface area contributed by atoms with Gasteiger partial charge in [-0.1, -0.05) is 29.8 Å². The van der Waals surface area contributed by atoms with Gasteiger partial charge in [0.1, 0.15) is 12.9 Å². The van der Waals surface area contributed by atoms with Crippen LogP contribution < -0.4 is 9.47 Å². The van der Waals surface area contributed by atoms with Crippen LogP contribution in [0.15, 0.2) is 53.9 Å². The summed E-state index contributed by atoms with van der Waals surface area (Å²) >= 11 is 11.0. The number of hydrogen-bond donors (Lipinski definition) is 1. The topological polar surface area (TPSA) is 64.4 Å². The minimum absolute atomic E-state index is 0.378. The number of nitrogens with one attached hydrogen (secondary N) is 1. The summed E-state index contributed by atoms with van der Waals surface area (Å²) in [6.45, 7) is 0.378. The Morgan fingerprint density at radius 3 is 2.76 bits per heavy atom. The monoisotopic (exact) mass is 374 g/mol. The molecular weight excluding hydrogens is 360 g/mol. The minimum atomic E-state index is 0.378. The summed E-state index contributed by atoms with van der Waals surface area (Å²) in [7, 11) is 1.59. The lowest BCUT2D eigenvalue weighted by molar-refractivity contribution is 0.284. The molecule has 3 aromatic rings. The predicted octanol–water partition coefficient (Wildman–Crippen LogP) is 4.06. The van der Waals surface area contributed by atoms with Gasteiger partial charge in [-0.2, -0.15) is 14.9 Å². The molecule has 8 heteroatoms. The fourth-order valence-electron chi connectivity index (χ4n) is 2.13. The molecule has 0 aliphatic heterocycles. The molecule has 1 N–H and O–H groups in total. The molecule has 0 bridgehead atoms. The van der Waals surface area contributed by atoms with Crippen LogP contribution in [0.2, 0.25) is 5.02 Å². The van der Waals surface area contributed by atoms with Gasteiger partial charge in [0.05, 0.1) is 13.3 Å². The molecule has 0 atom stereocenters. The second kappa shape index (κ2) is 7.96. The highest BCUT2D eigenvalue weighted by Crippen LogP contribution is 2.31. The van der Waals surface area contributed by atoms with Crippen LogP contribution in [0.25, 0.3) is 0 Å². The first-order valence-electron chi connectivity index (χ1n) is 7.38. The maximum atomic E-state index is 5.97. The van der Waals surface area contributed by atoms with Crippen LogP contribution >= 0.6 is 23.8 Å². The van der Waals surface area contributed by atoms with Crippen LogP contribution in [-0.4, -0.2) is 28.2 Å². The van der Waals surface area contributed by atoms with Gasteiger partial charge in [-0.3, -0.25) is 5.10 Å². The highest BCUT2D eigenvalue weighted by molar-refractivity contribution is 7.71. The molecule has 0 spiro atoms. The summed E-state index contributed by atoms with van der Waals surface area (Å²) in [5.41, 5.74) is 1.76. The number of rotatable bonds is 6. The van der Waals surface area contributed by atoms with Gasteiger partial charge >= 0.3 is 0 Å². The molecule has 1 heterocycles. The lowest BCUT2D eigenvalue weighted by atomic mass is 10.2. The Hall–Kier alpha value is -2.64. The number of nitrogens with zero attached hydrogens (tertiary/aromatic N) is 3. The Bertz CT molecular complexity index is 934. The summed E-state index contributed by atoms with van der Waals surface area (Å²) in [4.78, 5) is 0. The summed E-state index contributed by atoms with van der Waals surface area (Å²) in [6, 6.07) is 13.1. The molecule has 0 amide bonds. The smallest absolute Gasteiger partial charge is 0.216 e. The van der Waals surface area contributed by atoms with Crippen LogP contribution in [0, 0.1) is 4.77 Å². The number of H-pyrrole nitrogens is 1. The number of para-hydroxylation sites is 1. The molecule has 0 unspecified atom stereocenters. The lowest BCUT2D eigenvalue weighted by Gasteiger charge is -2.13. The van der Waals surface area contributed by atoms with Gasteiger partial charge in [-0.25, -0.2) is 0 Å². The standard InChI is InChI=1S/C17H15ClN4O2S/c1-23-15-4-2-3-13(9-20-22-11-19-21-17(22)25)16(15)24-10-12-5-7-14(18)8-6-12/h2-9,11H,10H2,1H3,(H,21,25)/b20-9+. The van der Waals surface area contributed by atoms with E-state index >= 15 is 0 Å². The van der Waals surface area contributed by atoms with E-state index < -0.39 is 0 Å². The molecule has 0 aliphatic rings. The molecule has 3 rings (SSSR count). The summed E-state index contributed by atoms with van der Waals surface area (Å²) in [6.07, 6.45) is 3.14. The fraction of sp³-hybridized carbons (Fsp3) is 0.118. The number of aromatic amines is 1. The lowest BCUT2D eigenvalue weighted by Crippen LogP contribution is -2.01. The van der Waals surface area contributed by atoms with E-state index in [1.54, 1.807) is 13.3 Å². The number of benzene rings is 2. The van der Waals surface area contributed by atoms with Crippen molar-refractivity contribution in [3.63, 3.8) is 0 Å². The zero-order chi connectivity index (χ0) is 17.6. The Labute approximate surface area is 154 Å². The molecule has 2 aromatic carbocycles. The zero-order valence-electron chi connectivity index (χ0n) is 13.3. The maximum Gasteiger partial charge on any atom is 0.216 e. The first-order chi connectivity index (χ1) is 12.2. The molecule has 0 saturated carbocycles. The SMILES string of the molecule is COc1cccc(/C=N/n2cn[nH]c2=S)c1OCc1ccc(Cl)cc1. The minimum Gasteiger partial charge on any atom is -0.493 e. The third-order valence-electron chi connectivity index (χ3n) is 3.38. The molecule has 25 heavy (non-hydrogen) atoms. The van der Waals surface area contributed by atoms with E-state index in [2.05, 4.69) is 15.3 Å². The van der Waals surface area contributed by atoms with E-state index in [1.807, 2.05) is 42.5 Å². The predicted molar refractivity (Wildman–Crippen MR) is 99.2 cm³/mol. The number of methoxy groups -OCH3 is 1. The first kappa shape index (κ1) is 17.2. The van der Waals surface area contributed by atoms with Crippen LogP contribution in [-0.2, 0) is 6.61 Å². The Balaban J connectivity index is 1.86. The van der Waals surface area contributed by atoms with Crippen molar-refractivity contribution in [2.75, 3.05) is 7.11 Å². The van der Waals surface area contributed by atoms with Gasteiger partial charge in [0.2, 0.25) is 4.77 Å². The molecule has 0 saturated heterocycles. The highest BCUT2D eigenvalue weighted by atomic mass is 35.5. The van der Waals surface area contributed by atoms with E-state index in [1.165, 1.54) is 11.0 Å². The van der Waals surface area contributed by atoms with Gasteiger partial charge in [0.15, 0.2) is 11.5 Å². The van der Waals surface area contributed by atoms with E-state index in [-0.39, 0.29) is 0 Å².